The zero-order valence-electron chi connectivity index (χ0n) is 15.7. The van der Waals surface area contributed by atoms with Crippen LogP contribution in [0.25, 0.3) is 0 Å². The number of carbonyl (C=O) groups excluding carboxylic acids is 1. The van der Waals surface area contributed by atoms with Gasteiger partial charge in [-0.15, -0.1) is 0 Å². The van der Waals surface area contributed by atoms with Gasteiger partial charge in [0.05, 0.1) is 5.92 Å². The summed E-state index contributed by atoms with van der Waals surface area (Å²) in [6.07, 6.45) is 6.67. The highest BCUT2D eigenvalue weighted by Crippen LogP contribution is 2.26. The first kappa shape index (κ1) is 18.9. The molecule has 2 N–H and O–H groups in total. The summed E-state index contributed by atoms with van der Waals surface area (Å²) in [5.74, 6) is 2.33. The molecule has 7 heteroatoms. The number of piperidine rings is 2. The van der Waals surface area contributed by atoms with Crippen LogP contribution in [0.3, 0.4) is 0 Å². The highest BCUT2D eigenvalue weighted by molar-refractivity contribution is 5.79. The van der Waals surface area contributed by atoms with Crippen molar-refractivity contribution in [2.45, 2.75) is 39.0 Å². The van der Waals surface area contributed by atoms with Crippen molar-refractivity contribution in [1.29, 1.82) is 0 Å². The van der Waals surface area contributed by atoms with Gasteiger partial charge in [0.25, 0.3) is 0 Å². The molecular weight excluding hydrogens is 330 g/mol. The minimum Gasteiger partial charge on any atom is -0.396 e. The molecule has 2 aliphatic rings. The largest absolute Gasteiger partial charge is 0.396 e. The molecule has 1 amide bonds. The van der Waals surface area contributed by atoms with Crippen molar-refractivity contribution in [3.8, 4) is 0 Å². The maximum absolute atomic E-state index is 12.3. The molecule has 0 aromatic carbocycles. The molecule has 2 fully saturated rings. The minimum atomic E-state index is 0.0301. The number of hydrogen-bond donors (Lipinski definition) is 2. The molecule has 7 nitrogen and oxygen atoms in total. The van der Waals surface area contributed by atoms with Crippen LogP contribution in [-0.2, 0) is 4.79 Å². The Labute approximate surface area is 155 Å². The minimum absolute atomic E-state index is 0.0301. The highest BCUT2D eigenvalue weighted by atomic mass is 16.3. The van der Waals surface area contributed by atoms with Crippen LogP contribution < -0.4 is 15.1 Å². The van der Waals surface area contributed by atoms with Crippen LogP contribution in [0.2, 0.25) is 0 Å². The molecule has 2 unspecified atom stereocenters. The van der Waals surface area contributed by atoms with E-state index in [9.17, 15) is 9.90 Å². The fourth-order valence-corrected chi connectivity index (χ4v) is 3.90. The number of nitrogens with zero attached hydrogens (tertiary/aromatic N) is 4. The van der Waals surface area contributed by atoms with Crippen molar-refractivity contribution in [3.63, 3.8) is 0 Å². The van der Waals surface area contributed by atoms with E-state index in [1.54, 1.807) is 6.33 Å². The first-order valence-corrected chi connectivity index (χ1v) is 9.91. The van der Waals surface area contributed by atoms with Crippen LogP contribution in [0.1, 0.15) is 39.0 Å². The Morgan fingerprint density at radius 1 is 1.19 bits per heavy atom. The third-order valence-electron chi connectivity index (χ3n) is 5.40. The van der Waals surface area contributed by atoms with Crippen molar-refractivity contribution >= 4 is 17.5 Å². The number of aliphatic hydroxyl groups is 1. The lowest BCUT2D eigenvalue weighted by atomic mass is 9.97. The number of carbonyl (C=O) groups is 1. The van der Waals surface area contributed by atoms with E-state index >= 15 is 0 Å². The average Bonchev–Trinajstić information content (AvgIpc) is 2.72. The lowest BCUT2D eigenvalue weighted by Crippen LogP contribution is -2.43. The number of aromatic nitrogens is 2. The van der Waals surface area contributed by atoms with Gasteiger partial charge in [-0.3, -0.25) is 4.79 Å². The third kappa shape index (κ3) is 4.63. The van der Waals surface area contributed by atoms with Crippen LogP contribution in [0, 0.1) is 11.8 Å². The second kappa shape index (κ2) is 9.16. The number of hydrogen-bond acceptors (Lipinski definition) is 6. The van der Waals surface area contributed by atoms with Gasteiger partial charge < -0.3 is 20.2 Å². The van der Waals surface area contributed by atoms with Gasteiger partial charge in [0.1, 0.15) is 18.0 Å². The predicted octanol–water partition coefficient (Wildman–Crippen LogP) is 1.43. The first-order valence-electron chi connectivity index (χ1n) is 9.91. The average molecular weight is 361 g/mol. The van der Waals surface area contributed by atoms with Crippen LogP contribution in [0.4, 0.5) is 11.6 Å². The summed E-state index contributed by atoms with van der Waals surface area (Å²) in [5, 5.41) is 12.5. The molecule has 1 aromatic heterocycles. The maximum atomic E-state index is 12.3. The zero-order valence-corrected chi connectivity index (χ0v) is 15.7. The van der Waals surface area contributed by atoms with Gasteiger partial charge >= 0.3 is 0 Å². The molecule has 3 rings (SSSR count). The monoisotopic (exact) mass is 361 g/mol. The Morgan fingerprint density at radius 3 is 2.58 bits per heavy atom. The molecule has 1 aromatic rings. The molecule has 2 aliphatic heterocycles. The Morgan fingerprint density at radius 2 is 1.88 bits per heavy atom. The topological polar surface area (TPSA) is 81.6 Å². The second-order valence-electron chi connectivity index (χ2n) is 7.45. The maximum Gasteiger partial charge on any atom is 0.224 e. The lowest BCUT2D eigenvalue weighted by molar-refractivity contribution is -0.125. The van der Waals surface area contributed by atoms with E-state index in [-0.39, 0.29) is 18.4 Å². The molecule has 2 atom stereocenters. The van der Waals surface area contributed by atoms with E-state index in [1.165, 1.54) is 0 Å². The van der Waals surface area contributed by atoms with Gasteiger partial charge in [-0.2, -0.15) is 0 Å². The first-order chi connectivity index (χ1) is 12.7. The summed E-state index contributed by atoms with van der Waals surface area (Å²) in [7, 11) is 0. The molecule has 26 heavy (non-hydrogen) atoms. The van der Waals surface area contributed by atoms with Crippen molar-refractivity contribution in [3.05, 3.63) is 12.4 Å². The number of aliphatic hydroxyl groups excluding tert-OH is 1. The number of amides is 1. The third-order valence-corrected chi connectivity index (χ3v) is 5.40. The molecule has 0 bridgehead atoms. The van der Waals surface area contributed by atoms with Gasteiger partial charge in [-0.25, -0.2) is 9.97 Å². The summed E-state index contributed by atoms with van der Waals surface area (Å²) >= 11 is 0. The predicted molar refractivity (Wildman–Crippen MR) is 102 cm³/mol. The molecule has 3 heterocycles. The van der Waals surface area contributed by atoms with E-state index in [1.807, 2.05) is 6.07 Å². The normalized spacial score (nSPS) is 23.8. The molecule has 0 radical (unpaired) electrons. The van der Waals surface area contributed by atoms with Gasteiger partial charge in [0, 0.05) is 45.4 Å². The summed E-state index contributed by atoms with van der Waals surface area (Å²) in [4.78, 5) is 25.7. The van der Waals surface area contributed by atoms with Crippen molar-refractivity contribution in [2.75, 3.05) is 49.1 Å². The molecule has 144 valence electrons. The van der Waals surface area contributed by atoms with Crippen LogP contribution in [0.15, 0.2) is 12.4 Å². The summed E-state index contributed by atoms with van der Waals surface area (Å²) in [5.41, 5.74) is 0. The fraction of sp³-hybridized carbons (Fsp3) is 0.737. The molecule has 2 saturated heterocycles. The van der Waals surface area contributed by atoms with E-state index in [0.717, 1.165) is 69.9 Å². The SMILES string of the molecule is CCCNC(=O)C1CCCN(c2cc(N3CCCC(CO)C3)ncn2)C1. The lowest BCUT2D eigenvalue weighted by Gasteiger charge is -2.35. The fourth-order valence-electron chi connectivity index (χ4n) is 3.90. The van der Waals surface area contributed by atoms with E-state index in [2.05, 4.69) is 32.0 Å². The van der Waals surface area contributed by atoms with Crippen molar-refractivity contribution < 1.29 is 9.90 Å². The quantitative estimate of drug-likeness (QED) is 0.798. The van der Waals surface area contributed by atoms with E-state index in [4.69, 9.17) is 0 Å². The van der Waals surface area contributed by atoms with Crippen molar-refractivity contribution in [1.82, 2.24) is 15.3 Å². The summed E-state index contributed by atoms with van der Waals surface area (Å²) in [6.45, 7) is 6.49. The zero-order chi connectivity index (χ0) is 18.4. The summed E-state index contributed by atoms with van der Waals surface area (Å²) in [6, 6.07) is 2.03. The van der Waals surface area contributed by atoms with E-state index in [0.29, 0.717) is 12.5 Å². The number of rotatable bonds is 6. The molecular formula is C19H31N5O2. The number of anilines is 2. The Balaban J connectivity index is 1.66. The molecule has 0 spiro atoms. The van der Waals surface area contributed by atoms with Gasteiger partial charge in [-0.05, 0) is 38.0 Å². The van der Waals surface area contributed by atoms with E-state index < -0.39 is 0 Å². The summed E-state index contributed by atoms with van der Waals surface area (Å²) < 4.78 is 0. The molecule has 0 aliphatic carbocycles. The standard InChI is InChI=1S/C19H31N5O2/c1-2-7-20-19(26)16-6-4-9-24(12-16)18-10-17(21-14-22-18)23-8-3-5-15(11-23)13-25/h10,14-16,25H,2-9,11-13H2,1H3,(H,20,26). The second-order valence-corrected chi connectivity index (χ2v) is 7.45. The Bertz CT molecular complexity index is 597. The van der Waals surface area contributed by atoms with Crippen LogP contribution in [0.5, 0.6) is 0 Å². The Kier molecular flexibility index (Phi) is 6.66. The van der Waals surface area contributed by atoms with Gasteiger partial charge in [-0.1, -0.05) is 6.92 Å². The Hall–Kier alpha value is -1.89. The molecule has 0 saturated carbocycles. The van der Waals surface area contributed by atoms with Gasteiger partial charge in [0.2, 0.25) is 5.91 Å². The van der Waals surface area contributed by atoms with Crippen LogP contribution in [-0.4, -0.2) is 60.3 Å². The van der Waals surface area contributed by atoms with Crippen molar-refractivity contribution in [2.24, 2.45) is 11.8 Å². The number of nitrogens with one attached hydrogen (secondary N) is 1. The smallest absolute Gasteiger partial charge is 0.224 e. The van der Waals surface area contributed by atoms with Crippen LogP contribution >= 0.6 is 0 Å². The highest BCUT2D eigenvalue weighted by Gasteiger charge is 2.27. The van der Waals surface area contributed by atoms with Gasteiger partial charge in [0.15, 0.2) is 0 Å².